The number of rotatable bonds is 6. The van der Waals surface area contributed by atoms with Gasteiger partial charge in [-0.3, -0.25) is 9.59 Å². The van der Waals surface area contributed by atoms with E-state index in [1.165, 1.54) is 16.5 Å². The number of benzene rings is 2. The maximum atomic E-state index is 12.5. The van der Waals surface area contributed by atoms with Crippen LogP contribution in [0.5, 0.6) is 0 Å². The third kappa shape index (κ3) is 5.07. The number of nitrogens with one attached hydrogen (secondary N) is 1. The van der Waals surface area contributed by atoms with Crippen molar-refractivity contribution in [2.75, 3.05) is 47.9 Å². The second-order valence-corrected chi connectivity index (χ2v) is 8.73. The molecule has 0 aliphatic carbocycles. The molecule has 1 aromatic heterocycles. The van der Waals surface area contributed by atoms with Crippen LogP contribution in [0.15, 0.2) is 54.6 Å². The molecule has 4 rings (SSSR count). The molecule has 1 N–H and O–H groups in total. The van der Waals surface area contributed by atoms with Gasteiger partial charge in [-0.05, 0) is 24.3 Å². The van der Waals surface area contributed by atoms with Gasteiger partial charge in [0.05, 0.1) is 21.7 Å². The molecule has 0 unspecified atom stereocenters. The molecule has 150 valence electrons. The predicted octanol–water partition coefficient (Wildman–Crippen LogP) is 3.32. The summed E-state index contributed by atoms with van der Waals surface area (Å²) in [7, 11) is 0. The van der Waals surface area contributed by atoms with E-state index >= 15 is 0 Å². The number of hydrogen-bond donors (Lipinski definition) is 1. The summed E-state index contributed by atoms with van der Waals surface area (Å²) in [5, 5.41) is 3.85. The lowest BCUT2D eigenvalue weighted by Crippen LogP contribution is -2.49. The number of thiazole rings is 1. The minimum Gasteiger partial charge on any atom is -0.345 e. The number of carbonyl (C=O) groups excluding carboxylic acids is 2. The van der Waals surface area contributed by atoms with Crippen molar-refractivity contribution in [3.05, 3.63) is 54.6 Å². The van der Waals surface area contributed by atoms with Crippen molar-refractivity contribution in [1.29, 1.82) is 0 Å². The highest BCUT2D eigenvalue weighted by Gasteiger charge is 2.23. The van der Waals surface area contributed by atoms with Gasteiger partial charge in [0.15, 0.2) is 5.13 Å². The van der Waals surface area contributed by atoms with Crippen LogP contribution in [0.4, 0.5) is 10.8 Å². The van der Waals surface area contributed by atoms with Crippen molar-refractivity contribution < 1.29 is 9.59 Å². The Labute approximate surface area is 177 Å². The van der Waals surface area contributed by atoms with Crippen LogP contribution in [0, 0.1) is 0 Å². The van der Waals surface area contributed by atoms with E-state index in [1.54, 1.807) is 11.3 Å². The molecule has 6 nitrogen and oxygen atoms in total. The molecule has 0 bridgehead atoms. The Bertz CT molecular complexity index is 952. The van der Waals surface area contributed by atoms with E-state index in [4.69, 9.17) is 4.98 Å². The van der Waals surface area contributed by atoms with Gasteiger partial charge < -0.3 is 15.1 Å². The maximum absolute atomic E-state index is 12.5. The summed E-state index contributed by atoms with van der Waals surface area (Å²) < 4.78 is 1.19. The Morgan fingerprint density at radius 1 is 0.966 bits per heavy atom. The average Bonchev–Trinajstić information content (AvgIpc) is 3.19. The number of piperazine rings is 1. The van der Waals surface area contributed by atoms with Crippen LogP contribution in [0.25, 0.3) is 10.2 Å². The first-order valence-electron chi connectivity index (χ1n) is 9.50. The number of thioether (sulfide) groups is 1. The first-order valence-corrected chi connectivity index (χ1v) is 11.5. The number of nitrogens with zero attached hydrogens (tertiary/aromatic N) is 3. The molecule has 3 aromatic rings. The first kappa shape index (κ1) is 19.7. The van der Waals surface area contributed by atoms with Crippen molar-refractivity contribution in [2.45, 2.75) is 0 Å². The normalized spacial score (nSPS) is 14.2. The van der Waals surface area contributed by atoms with E-state index in [9.17, 15) is 9.59 Å². The van der Waals surface area contributed by atoms with Crippen molar-refractivity contribution >= 4 is 55.9 Å². The molecule has 8 heteroatoms. The Hall–Kier alpha value is -2.58. The fourth-order valence-corrected chi connectivity index (χ4v) is 4.92. The average molecular weight is 427 g/mol. The minimum atomic E-state index is -0.0883. The molecule has 2 aromatic carbocycles. The molecular weight excluding hydrogens is 404 g/mol. The van der Waals surface area contributed by atoms with Gasteiger partial charge in [0, 0.05) is 31.9 Å². The molecule has 2 amide bonds. The predicted molar refractivity (Wildman–Crippen MR) is 121 cm³/mol. The van der Waals surface area contributed by atoms with Gasteiger partial charge in [0.1, 0.15) is 0 Å². The summed E-state index contributed by atoms with van der Waals surface area (Å²) in [6.07, 6.45) is 0. The van der Waals surface area contributed by atoms with E-state index in [2.05, 4.69) is 16.3 Å². The van der Waals surface area contributed by atoms with Crippen LogP contribution >= 0.6 is 23.1 Å². The van der Waals surface area contributed by atoms with Crippen molar-refractivity contribution in [2.24, 2.45) is 0 Å². The lowest BCUT2D eigenvalue weighted by Gasteiger charge is -2.34. The van der Waals surface area contributed by atoms with Gasteiger partial charge in [-0.1, -0.05) is 41.7 Å². The van der Waals surface area contributed by atoms with Gasteiger partial charge in [0.2, 0.25) is 11.8 Å². The van der Waals surface area contributed by atoms with Gasteiger partial charge in [-0.2, -0.15) is 0 Å². The van der Waals surface area contributed by atoms with Crippen LogP contribution in [0.2, 0.25) is 0 Å². The second-order valence-electron chi connectivity index (χ2n) is 6.74. The quantitative estimate of drug-likeness (QED) is 0.655. The summed E-state index contributed by atoms with van der Waals surface area (Å²) in [5.41, 5.74) is 1.80. The molecule has 29 heavy (non-hydrogen) atoms. The number of hydrogen-bond acceptors (Lipinski definition) is 6. The Morgan fingerprint density at radius 2 is 1.69 bits per heavy atom. The molecule has 0 spiro atoms. The number of fused-ring (bicyclic) bond motifs is 1. The number of para-hydroxylation sites is 2. The summed E-state index contributed by atoms with van der Waals surface area (Å²) in [5.74, 6) is 0.594. The summed E-state index contributed by atoms with van der Waals surface area (Å²) in [4.78, 5) is 33.3. The van der Waals surface area contributed by atoms with Crippen LogP contribution in [-0.4, -0.2) is 59.4 Å². The molecule has 2 heterocycles. The molecule has 1 aliphatic heterocycles. The highest BCUT2D eigenvalue weighted by molar-refractivity contribution is 8.00. The zero-order valence-electron chi connectivity index (χ0n) is 15.9. The van der Waals surface area contributed by atoms with Gasteiger partial charge in [-0.25, -0.2) is 4.98 Å². The summed E-state index contributed by atoms with van der Waals surface area (Å²) in [6.45, 7) is 2.94. The number of carbonyl (C=O) groups is 2. The topological polar surface area (TPSA) is 65.5 Å². The smallest absolute Gasteiger partial charge is 0.234 e. The standard InChI is InChI=1S/C21H22N4O2S2/c26-19(22-16-6-2-1-3-7-16)14-28-15-20(27)24-10-12-25(13-11-24)21-23-17-8-4-5-9-18(17)29-21/h1-9H,10-15H2,(H,22,26). The van der Waals surface area contributed by atoms with Crippen LogP contribution in [0.1, 0.15) is 0 Å². The van der Waals surface area contributed by atoms with E-state index in [0.29, 0.717) is 18.8 Å². The summed E-state index contributed by atoms with van der Waals surface area (Å²) >= 11 is 3.05. The third-order valence-corrected chi connectivity index (χ3v) is 6.72. The van der Waals surface area contributed by atoms with Gasteiger partial charge in [-0.15, -0.1) is 11.8 Å². The Kier molecular flexibility index (Phi) is 6.31. The summed E-state index contributed by atoms with van der Waals surface area (Å²) in [6, 6.07) is 17.5. The zero-order chi connectivity index (χ0) is 20.1. The largest absolute Gasteiger partial charge is 0.345 e. The fraction of sp³-hybridized carbons (Fsp3) is 0.286. The zero-order valence-corrected chi connectivity index (χ0v) is 17.5. The van der Waals surface area contributed by atoms with E-state index < -0.39 is 0 Å². The van der Waals surface area contributed by atoms with Crippen molar-refractivity contribution in [1.82, 2.24) is 9.88 Å². The molecule has 1 saturated heterocycles. The molecular formula is C21H22N4O2S2. The van der Waals surface area contributed by atoms with Crippen molar-refractivity contribution in [3.63, 3.8) is 0 Å². The van der Waals surface area contributed by atoms with E-state index in [0.717, 1.165) is 29.4 Å². The first-order chi connectivity index (χ1) is 14.2. The number of anilines is 2. The molecule has 1 aliphatic rings. The third-order valence-electron chi connectivity index (χ3n) is 4.70. The highest BCUT2D eigenvalue weighted by atomic mass is 32.2. The number of aromatic nitrogens is 1. The molecule has 0 radical (unpaired) electrons. The molecule has 1 fully saturated rings. The van der Waals surface area contributed by atoms with Gasteiger partial charge in [0.25, 0.3) is 0 Å². The van der Waals surface area contributed by atoms with Crippen molar-refractivity contribution in [3.8, 4) is 0 Å². The lowest BCUT2D eigenvalue weighted by atomic mass is 10.3. The Morgan fingerprint density at radius 3 is 2.45 bits per heavy atom. The van der Waals surface area contributed by atoms with Crippen LogP contribution in [0.3, 0.4) is 0 Å². The van der Waals surface area contributed by atoms with E-state index in [1.807, 2.05) is 53.4 Å². The Balaban J connectivity index is 1.20. The van der Waals surface area contributed by atoms with Gasteiger partial charge >= 0.3 is 0 Å². The second kappa shape index (κ2) is 9.28. The maximum Gasteiger partial charge on any atom is 0.234 e. The van der Waals surface area contributed by atoms with E-state index in [-0.39, 0.29) is 17.6 Å². The van der Waals surface area contributed by atoms with Crippen LogP contribution in [-0.2, 0) is 9.59 Å². The number of amides is 2. The monoisotopic (exact) mass is 426 g/mol. The molecule has 0 atom stereocenters. The SMILES string of the molecule is O=C(CSCC(=O)N1CCN(c2nc3ccccc3s2)CC1)Nc1ccccc1. The van der Waals surface area contributed by atoms with Crippen LogP contribution < -0.4 is 10.2 Å². The molecule has 0 saturated carbocycles. The minimum absolute atomic E-state index is 0.0883. The highest BCUT2D eigenvalue weighted by Crippen LogP contribution is 2.29. The lowest BCUT2D eigenvalue weighted by molar-refractivity contribution is -0.128. The fourth-order valence-electron chi connectivity index (χ4n) is 3.18.